The second-order valence-corrected chi connectivity index (χ2v) is 17.8. The molecule has 7 rings (SSSR count). The number of fused-ring (bicyclic) bond motifs is 2. The first kappa shape index (κ1) is 44.3. The molecule has 11 nitrogen and oxygen atoms in total. The Kier molecular flexibility index (Phi) is 16.1. The van der Waals surface area contributed by atoms with Gasteiger partial charge in [-0.1, -0.05) is 88.8 Å². The minimum absolute atomic E-state index is 0.407. The van der Waals surface area contributed by atoms with Gasteiger partial charge in [-0.25, -0.2) is 4.79 Å². The molecule has 0 unspecified atom stereocenters. The lowest BCUT2D eigenvalue weighted by Crippen LogP contribution is -2.35. The van der Waals surface area contributed by atoms with E-state index in [1.165, 1.54) is 7.11 Å². The van der Waals surface area contributed by atoms with Crippen molar-refractivity contribution in [2.75, 3.05) is 35.0 Å². The summed E-state index contributed by atoms with van der Waals surface area (Å²) >= 11 is 18.2. The maximum absolute atomic E-state index is 12.5. The maximum Gasteiger partial charge on any atom is 0.338 e. The molecule has 0 saturated heterocycles. The van der Waals surface area contributed by atoms with Gasteiger partial charge in [0, 0.05) is 77.0 Å². The molecular formula is C43H38Cl2N3O8S4-. The normalized spacial score (nSPS) is 15.3. The molecule has 0 atom stereocenters. The van der Waals surface area contributed by atoms with E-state index in [1.54, 1.807) is 29.2 Å². The van der Waals surface area contributed by atoms with Gasteiger partial charge < -0.3 is 25.1 Å². The topological polar surface area (TPSA) is 120 Å². The van der Waals surface area contributed by atoms with E-state index in [4.69, 9.17) is 27.9 Å². The van der Waals surface area contributed by atoms with Crippen LogP contribution in [0.4, 0.5) is 17.1 Å². The molecule has 0 bridgehead atoms. The van der Waals surface area contributed by atoms with Crippen molar-refractivity contribution >= 4 is 110 Å². The summed E-state index contributed by atoms with van der Waals surface area (Å²) in [6.07, 6.45) is 11.7. The summed E-state index contributed by atoms with van der Waals surface area (Å²) in [4.78, 5) is 18.1. The zero-order valence-electron chi connectivity index (χ0n) is 32.1. The van der Waals surface area contributed by atoms with E-state index in [0.717, 1.165) is 96.0 Å². The van der Waals surface area contributed by atoms with Crippen LogP contribution in [0.5, 0.6) is 0 Å². The van der Waals surface area contributed by atoms with Gasteiger partial charge in [-0.3, -0.25) is 10.1 Å². The van der Waals surface area contributed by atoms with Gasteiger partial charge in [-0.05, 0) is 91.1 Å². The van der Waals surface area contributed by atoms with Gasteiger partial charge in [0.1, 0.15) is 4.70 Å². The van der Waals surface area contributed by atoms with Crippen LogP contribution in [0.1, 0.15) is 41.0 Å². The monoisotopic (exact) mass is 922 g/mol. The molecular weight excluding hydrogens is 886 g/mol. The van der Waals surface area contributed by atoms with Crippen molar-refractivity contribution < 1.29 is 43.4 Å². The number of hydrogen-bond donors (Lipinski definition) is 0. The van der Waals surface area contributed by atoms with Crippen molar-refractivity contribution in [3.8, 4) is 0 Å². The third-order valence-corrected chi connectivity index (χ3v) is 13.9. The minimum Gasteiger partial charge on any atom is -0.691 e. The van der Waals surface area contributed by atoms with Crippen molar-refractivity contribution in [3.63, 3.8) is 0 Å². The number of anilines is 3. The highest BCUT2D eigenvalue weighted by Gasteiger charge is 2.29. The SMILES string of the molecule is COC(=O)c1ccc2sc(/C=C/C3=C(N(c4ccccc4)c4ccccc4)C(=C/C=C4\Sc5cc(Cl)c(Cl)cc5N4CCCSOO[O-])/CC3)[n+](CCCSOO[O-])c2c1. The number of aromatic nitrogens is 1. The van der Waals surface area contributed by atoms with Crippen LogP contribution in [-0.4, -0.2) is 31.1 Å². The number of carbonyl (C=O) groups excluding carboxylic acids is 1. The predicted octanol–water partition coefficient (Wildman–Crippen LogP) is 10.1. The minimum atomic E-state index is -0.407. The Morgan fingerprint density at radius 1 is 0.867 bits per heavy atom. The summed E-state index contributed by atoms with van der Waals surface area (Å²) in [6.45, 7) is 1.25. The molecule has 312 valence electrons. The molecule has 0 N–H and O–H groups in total. The lowest BCUT2D eigenvalue weighted by molar-refractivity contribution is -0.777. The lowest BCUT2D eigenvalue weighted by Gasteiger charge is -2.28. The van der Waals surface area contributed by atoms with Crippen molar-refractivity contribution in [3.05, 3.63) is 152 Å². The number of rotatable bonds is 19. The Balaban J connectivity index is 1.32. The van der Waals surface area contributed by atoms with Gasteiger partial charge in [-0.2, -0.15) is 13.2 Å². The highest BCUT2D eigenvalue weighted by atomic mass is 35.5. The summed E-state index contributed by atoms with van der Waals surface area (Å²) in [6, 6.07) is 30.1. The summed E-state index contributed by atoms with van der Waals surface area (Å²) in [5, 5.41) is 30.8. The number of nitrogens with zero attached hydrogens (tertiary/aromatic N) is 3. The molecule has 5 aromatic rings. The van der Waals surface area contributed by atoms with E-state index in [1.807, 2.05) is 60.7 Å². The molecule has 1 aliphatic carbocycles. The molecule has 2 aliphatic rings. The van der Waals surface area contributed by atoms with Crippen LogP contribution in [0.2, 0.25) is 10.0 Å². The van der Waals surface area contributed by atoms with Crippen molar-refractivity contribution in [1.82, 2.24) is 0 Å². The molecule has 60 heavy (non-hydrogen) atoms. The van der Waals surface area contributed by atoms with Crippen LogP contribution in [0, 0.1) is 0 Å². The third kappa shape index (κ3) is 10.6. The maximum atomic E-state index is 12.5. The summed E-state index contributed by atoms with van der Waals surface area (Å²) < 4.78 is 17.2. The molecule has 1 aliphatic heterocycles. The predicted molar refractivity (Wildman–Crippen MR) is 238 cm³/mol. The van der Waals surface area contributed by atoms with Crippen molar-refractivity contribution in [2.24, 2.45) is 0 Å². The fourth-order valence-electron chi connectivity index (χ4n) is 7.05. The number of halogens is 2. The Morgan fingerprint density at radius 2 is 1.55 bits per heavy atom. The highest BCUT2D eigenvalue weighted by molar-refractivity contribution is 8.03. The van der Waals surface area contributed by atoms with Crippen LogP contribution in [0.15, 0.2) is 136 Å². The number of ether oxygens (including phenoxy) is 1. The molecule has 0 spiro atoms. The highest BCUT2D eigenvalue weighted by Crippen LogP contribution is 2.49. The van der Waals surface area contributed by atoms with Crippen molar-refractivity contribution in [2.45, 2.75) is 37.1 Å². The zero-order valence-corrected chi connectivity index (χ0v) is 36.9. The molecule has 4 aromatic carbocycles. The lowest BCUT2D eigenvalue weighted by atomic mass is 10.1. The number of benzene rings is 4. The zero-order chi connectivity index (χ0) is 41.8. The number of methoxy groups -OCH3 is 1. The van der Waals surface area contributed by atoms with Gasteiger partial charge in [0.25, 0.3) is 5.01 Å². The smallest absolute Gasteiger partial charge is 0.338 e. The van der Waals surface area contributed by atoms with Gasteiger partial charge in [0.15, 0.2) is 6.54 Å². The number of carbonyl (C=O) groups is 1. The van der Waals surface area contributed by atoms with Gasteiger partial charge in [0.2, 0.25) is 5.52 Å². The number of aryl methyl sites for hydroxylation is 1. The first-order valence-electron chi connectivity index (χ1n) is 18.8. The molecule has 17 heteroatoms. The second-order valence-electron chi connectivity index (χ2n) is 13.3. The van der Waals surface area contributed by atoms with Crippen LogP contribution in [0.3, 0.4) is 0 Å². The first-order valence-corrected chi connectivity index (χ1v) is 23.0. The number of para-hydroxylation sites is 2. The van der Waals surface area contributed by atoms with Crippen LogP contribution < -0.4 is 24.9 Å². The van der Waals surface area contributed by atoms with E-state index in [9.17, 15) is 15.3 Å². The largest absolute Gasteiger partial charge is 0.691 e. The Hall–Kier alpha value is -3.81. The number of thioether (sulfide) groups is 1. The first-order chi connectivity index (χ1) is 29.4. The average Bonchev–Trinajstić information content (AvgIpc) is 3.94. The van der Waals surface area contributed by atoms with E-state index in [-0.39, 0.29) is 0 Å². The Bertz CT molecular complexity index is 2370. The van der Waals surface area contributed by atoms with Gasteiger partial charge in [0.05, 0.1) is 39.1 Å². The molecule has 2 heterocycles. The number of esters is 1. The van der Waals surface area contributed by atoms with E-state index in [2.05, 4.69) is 81.7 Å². The Morgan fingerprint density at radius 3 is 2.23 bits per heavy atom. The average molecular weight is 924 g/mol. The molecule has 0 radical (unpaired) electrons. The molecule has 0 fully saturated rings. The summed E-state index contributed by atoms with van der Waals surface area (Å²) in [7, 11) is 1.37. The summed E-state index contributed by atoms with van der Waals surface area (Å²) in [5.41, 5.74) is 7.77. The second kappa shape index (κ2) is 21.8. The standard InChI is InChI=1S/C43H39Cl2N3O8S4/c1-52-43(49)31-16-19-38-36(26-31)46(22-8-24-57-55-53-50)40(59-38)20-17-29-14-15-30(42(29)48(32-10-4-2-5-11-32)33-12-6-3-7-13-33)18-21-41-47(23-9-25-58-56-54-51)37-27-34(44)35(45)28-39(37)60-41/h2-7,10-13,16-21,26-28H,8-9,14-15,22-25H2,1H3,(H-,50,51)/p-1. The van der Waals surface area contributed by atoms with Crippen LogP contribution in [-0.2, 0) is 30.0 Å². The molecule has 0 amide bonds. The van der Waals surface area contributed by atoms with E-state index >= 15 is 0 Å². The molecule has 0 saturated carbocycles. The van der Waals surface area contributed by atoms with Gasteiger partial charge >= 0.3 is 5.97 Å². The van der Waals surface area contributed by atoms with Crippen molar-refractivity contribution in [1.29, 1.82) is 0 Å². The van der Waals surface area contributed by atoms with E-state index < -0.39 is 5.97 Å². The number of hydrogen-bond acceptors (Lipinski definition) is 14. The quantitative estimate of drug-likeness (QED) is 0.0195. The van der Waals surface area contributed by atoms with Crippen LogP contribution in [0.25, 0.3) is 16.3 Å². The van der Waals surface area contributed by atoms with Crippen LogP contribution >= 0.6 is 70.4 Å². The summed E-state index contributed by atoms with van der Waals surface area (Å²) in [5.74, 6) is 0.672. The number of thiazole rings is 1. The fourth-order valence-corrected chi connectivity index (χ4v) is 10.3. The van der Waals surface area contributed by atoms with E-state index in [0.29, 0.717) is 53.0 Å². The fraction of sp³-hybridized carbons (Fsp3) is 0.209. The van der Waals surface area contributed by atoms with Gasteiger partial charge in [-0.15, -0.1) is 0 Å². The third-order valence-electron chi connectivity index (χ3n) is 9.67. The number of allylic oxidation sites excluding steroid dienone is 5. The molecule has 1 aromatic heterocycles. The Labute approximate surface area is 374 Å².